The first-order valence-electron chi connectivity index (χ1n) is 9.84. The summed E-state index contributed by atoms with van der Waals surface area (Å²) in [6.45, 7) is 3.60. The second kappa shape index (κ2) is 7.77. The molecule has 2 unspecified atom stereocenters. The summed E-state index contributed by atoms with van der Waals surface area (Å²) in [4.78, 5) is 39.7. The Hall–Kier alpha value is -2.85. The van der Waals surface area contributed by atoms with Crippen molar-refractivity contribution in [3.05, 3.63) is 107 Å². The molecule has 0 amide bonds. The molecule has 0 bridgehead atoms. The van der Waals surface area contributed by atoms with E-state index in [0.29, 0.717) is 16.7 Å². The monoisotopic (exact) mass is 460 g/mol. The first kappa shape index (κ1) is 20.4. The predicted octanol–water partition coefficient (Wildman–Crippen LogP) is 5.81. The highest BCUT2D eigenvalue weighted by molar-refractivity contribution is 9.10. The molecule has 0 saturated heterocycles. The van der Waals surface area contributed by atoms with Gasteiger partial charge >= 0.3 is 0 Å². The SMILES string of the molecule is Cc1cccc(C(=O)C(Br)C(c2ccccc2)C2(C)C(=O)c3ccccc3C2=O)c1. The number of hydrogen-bond acceptors (Lipinski definition) is 3. The lowest BCUT2D eigenvalue weighted by molar-refractivity contribution is 0.0671. The number of fused-ring (bicyclic) bond motifs is 1. The maximum absolute atomic E-state index is 13.5. The lowest BCUT2D eigenvalue weighted by Gasteiger charge is -2.34. The topological polar surface area (TPSA) is 51.2 Å². The average Bonchev–Trinajstić information content (AvgIpc) is 2.96. The summed E-state index contributed by atoms with van der Waals surface area (Å²) < 4.78 is 0. The fraction of sp³-hybridized carbons (Fsp3) is 0.192. The van der Waals surface area contributed by atoms with Gasteiger partial charge in [0, 0.05) is 22.6 Å². The van der Waals surface area contributed by atoms with Gasteiger partial charge in [-0.25, -0.2) is 0 Å². The fourth-order valence-corrected chi connectivity index (χ4v) is 5.49. The molecule has 4 rings (SSSR count). The third kappa shape index (κ3) is 3.16. The van der Waals surface area contributed by atoms with Gasteiger partial charge in [0.05, 0.1) is 4.83 Å². The van der Waals surface area contributed by atoms with Crippen molar-refractivity contribution in [1.82, 2.24) is 0 Å². The molecule has 0 spiro atoms. The molecule has 0 radical (unpaired) electrons. The molecule has 0 fully saturated rings. The van der Waals surface area contributed by atoms with E-state index in [1.165, 1.54) is 0 Å². The van der Waals surface area contributed by atoms with Crippen molar-refractivity contribution in [3.8, 4) is 0 Å². The van der Waals surface area contributed by atoms with Gasteiger partial charge in [-0.3, -0.25) is 14.4 Å². The van der Waals surface area contributed by atoms with Gasteiger partial charge < -0.3 is 0 Å². The number of carbonyl (C=O) groups is 3. The van der Waals surface area contributed by atoms with E-state index in [4.69, 9.17) is 0 Å². The van der Waals surface area contributed by atoms with Gasteiger partial charge in [0.2, 0.25) is 0 Å². The Labute approximate surface area is 184 Å². The Balaban J connectivity index is 1.85. The number of hydrogen-bond donors (Lipinski definition) is 0. The highest BCUT2D eigenvalue weighted by Gasteiger charge is 2.57. The van der Waals surface area contributed by atoms with Crippen LogP contribution in [0.1, 0.15) is 55.0 Å². The van der Waals surface area contributed by atoms with Crippen LogP contribution < -0.4 is 0 Å². The van der Waals surface area contributed by atoms with Gasteiger partial charge in [0.15, 0.2) is 17.3 Å². The lowest BCUT2D eigenvalue weighted by Crippen LogP contribution is -2.43. The van der Waals surface area contributed by atoms with E-state index in [-0.39, 0.29) is 17.3 Å². The molecular formula is C26H21BrO3. The minimum atomic E-state index is -1.38. The molecule has 0 aromatic heterocycles. The summed E-state index contributed by atoms with van der Waals surface area (Å²) in [5.41, 5.74) is 1.78. The average molecular weight is 461 g/mol. The molecule has 1 aliphatic carbocycles. The van der Waals surface area contributed by atoms with Crippen molar-refractivity contribution in [3.63, 3.8) is 0 Å². The van der Waals surface area contributed by atoms with Crippen LogP contribution in [0.2, 0.25) is 0 Å². The third-order valence-electron chi connectivity index (χ3n) is 5.99. The highest BCUT2D eigenvalue weighted by atomic mass is 79.9. The molecule has 4 heteroatoms. The zero-order valence-corrected chi connectivity index (χ0v) is 18.3. The second-order valence-electron chi connectivity index (χ2n) is 7.93. The zero-order chi connectivity index (χ0) is 21.5. The summed E-state index contributed by atoms with van der Waals surface area (Å²) in [5.74, 6) is -1.28. The molecule has 3 aromatic rings. The van der Waals surface area contributed by atoms with E-state index < -0.39 is 16.2 Å². The summed E-state index contributed by atoms with van der Waals surface area (Å²) >= 11 is 3.60. The predicted molar refractivity (Wildman–Crippen MR) is 121 cm³/mol. The summed E-state index contributed by atoms with van der Waals surface area (Å²) in [6.07, 6.45) is 0. The fourth-order valence-electron chi connectivity index (χ4n) is 4.39. The molecule has 30 heavy (non-hydrogen) atoms. The number of ketones is 3. The number of halogens is 1. The summed E-state index contributed by atoms with van der Waals surface area (Å²) in [5, 5.41) is 0. The van der Waals surface area contributed by atoms with Gasteiger partial charge in [0.25, 0.3) is 0 Å². The third-order valence-corrected chi connectivity index (χ3v) is 6.93. The highest BCUT2D eigenvalue weighted by Crippen LogP contribution is 2.50. The van der Waals surface area contributed by atoms with Crippen LogP contribution in [-0.4, -0.2) is 22.2 Å². The van der Waals surface area contributed by atoms with E-state index in [2.05, 4.69) is 15.9 Å². The standard InChI is InChI=1S/C26H21BrO3/c1-16-9-8-12-18(15-16)23(28)22(27)21(17-10-4-3-5-11-17)26(2)24(29)19-13-6-7-14-20(19)25(26)30/h3-15,21-22H,1-2H3. The Kier molecular flexibility index (Phi) is 5.29. The van der Waals surface area contributed by atoms with Crippen LogP contribution in [-0.2, 0) is 0 Å². The Morgan fingerprint density at radius 1 is 0.833 bits per heavy atom. The van der Waals surface area contributed by atoms with Gasteiger partial charge in [-0.2, -0.15) is 0 Å². The molecule has 0 N–H and O–H groups in total. The number of benzene rings is 3. The molecule has 0 heterocycles. The Bertz CT molecular complexity index is 1110. The maximum atomic E-state index is 13.5. The Morgan fingerprint density at radius 2 is 1.40 bits per heavy atom. The van der Waals surface area contributed by atoms with Gasteiger partial charge in [-0.1, -0.05) is 94.3 Å². The van der Waals surface area contributed by atoms with Crippen molar-refractivity contribution in [2.45, 2.75) is 24.6 Å². The van der Waals surface area contributed by atoms with Crippen LogP contribution in [0.5, 0.6) is 0 Å². The van der Waals surface area contributed by atoms with Gasteiger partial charge in [-0.05, 0) is 25.5 Å². The molecule has 3 nitrogen and oxygen atoms in total. The molecule has 0 aliphatic heterocycles. The van der Waals surface area contributed by atoms with Crippen LogP contribution in [0.4, 0.5) is 0 Å². The second-order valence-corrected chi connectivity index (χ2v) is 8.92. The van der Waals surface area contributed by atoms with Crippen LogP contribution in [0.25, 0.3) is 0 Å². The maximum Gasteiger partial charge on any atom is 0.177 e. The van der Waals surface area contributed by atoms with Crippen LogP contribution in [0, 0.1) is 12.3 Å². The molecule has 150 valence electrons. The van der Waals surface area contributed by atoms with Crippen molar-refractivity contribution >= 4 is 33.3 Å². The molecule has 3 aromatic carbocycles. The van der Waals surface area contributed by atoms with Crippen molar-refractivity contribution in [2.24, 2.45) is 5.41 Å². The summed E-state index contributed by atoms with van der Waals surface area (Å²) in [7, 11) is 0. The molecule has 2 atom stereocenters. The number of alkyl halides is 1. The van der Waals surface area contributed by atoms with E-state index in [1.807, 2.05) is 55.5 Å². The minimum absolute atomic E-state index is 0.148. The largest absolute Gasteiger partial charge is 0.293 e. The van der Waals surface area contributed by atoms with Crippen LogP contribution >= 0.6 is 15.9 Å². The molecule has 1 aliphatic rings. The number of rotatable bonds is 5. The minimum Gasteiger partial charge on any atom is -0.293 e. The first-order chi connectivity index (χ1) is 14.4. The van der Waals surface area contributed by atoms with Crippen molar-refractivity contribution < 1.29 is 14.4 Å². The normalized spacial score (nSPS) is 16.8. The zero-order valence-electron chi connectivity index (χ0n) is 16.8. The van der Waals surface area contributed by atoms with Crippen LogP contribution in [0.15, 0.2) is 78.9 Å². The Morgan fingerprint density at radius 3 is 1.97 bits per heavy atom. The number of carbonyl (C=O) groups excluding carboxylic acids is 3. The number of Topliss-reactive ketones (excluding diaryl/α,β-unsaturated/α-hetero) is 3. The first-order valence-corrected chi connectivity index (χ1v) is 10.8. The van der Waals surface area contributed by atoms with E-state index in [0.717, 1.165) is 11.1 Å². The molecular weight excluding hydrogens is 440 g/mol. The van der Waals surface area contributed by atoms with Crippen molar-refractivity contribution in [1.29, 1.82) is 0 Å². The van der Waals surface area contributed by atoms with E-state index in [9.17, 15) is 14.4 Å². The van der Waals surface area contributed by atoms with E-state index in [1.54, 1.807) is 37.3 Å². The quantitative estimate of drug-likeness (QED) is 0.274. The smallest absolute Gasteiger partial charge is 0.177 e. The van der Waals surface area contributed by atoms with E-state index >= 15 is 0 Å². The summed E-state index contributed by atoms with van der Waals surface area (Å²) in [6, 6.07) is 23.6. The van der Waals surface area contributed by atoms with Gasteiger partial charge in [0.1, 0.15) is 5.41 Å². The lowest BCUT2D eigenvalue weighted by atomic mass is 9.67. The van der Waals surface area contributed by atoms with Gasteiger partial charge in [-0.15, -0.1) is 0 Å². The number of aryl methyl sites for hydroxylation is 1. The molecule has 0 saturated carbocycles. The van der Waals surface area contributed by atoms with Crippen molar-refractivity contribution in [2.75, 3.05) is 0 Å². The van der Waals surface area contributed by atoms with Crippen LogP contribution in [0.3, 0.4) is 0 Å².